The number of fused-ring (bicyclic) bond motifs is 1. The van der Waals surface area contributed by atoms with Gasteiger partial charge >= 0.3 is 0 Å². The second-order valence-corrected chi connectivity index (χ2v) is 4.78. The van der Waals surface area contributed by atoms with Crippen molar-refractivity contribution in [2.45, 2.75) is 0 Å². The summed E-state index contributed by atoms with van der Waals surface area (Å²) in [4.78, 5) is 12.4. The molecule has 0 radical (unpaired) electrons. The van der Waals surface area contributed by atoms with Crippen LogP contribution in [0.15, 0.2) is 18.2 Å². The lowest BCUT2D eigenvalue weighted by Crippen LogP contribution is -2.28. The molecule has 0 fully saturated rings. The van der Waals surface area contributed by atoms with Gasteiger partial charge in [0.25, 0.3) is 5.91 Å². The normalized spacial score (nSPS) is 10.6. The SMILES string of the molecule is COc1cccc2sc(C(=O)NCCN)c(N)c12. The number of methoxy groups -OCH3 is 1. The predicted octanol–water partition coefficient (Wildman–Crippen LogP) is 1.18. The molecule has 0 spiro atoms. The number of hydrogen-bond donors (Lipinski definition) is 3. The molecular weight excluding hydrogens is 250 g/mol. The molecule has 1 aromatic heterocycles. The van der Waals surface area contributed by atoms with Crippen molar-refractivity contribution >= 4 is 33.0 Å². The summed E-state index contributed by atoms with van der Waals surface area (Å²) in [5.41, 5.74) is 11.8. The molecule has 0 aliphatic carbocycles. The zero-order chi connectivity index (χ0) is 13.1. The molecule has 0 saturated heterocycles. The highest BCUT2D eigenvalue weighted by Crippen LogP contribution is 2.39. The highest BCUT2D eigenvalue weighted by Gasteiger charge is 2.18. The first-order chi connectivity index (χ1) is 8.69. The predicted molar refractivity (Wildman–Crippen MR) is 74.2 cm³/mol. The lowest BCUT2D eigenvalue weighted by atomic mass is 10.2. The van der Waals surface area contributed by atoms with Crippen LogP contribution < -0.4 is 21.5 Å². The maximum absolute atomic E-state index is 11.9. The molecular formula is C12H15N3O2S. The van der Waals surface area contributed by atoms with Crippen LogP contribution in [0.2, 0.25) is 0 Å². The first kappa shape index (κ1) is 12.7. The molecule has 6 heteroatoms. The van der Waals surface area contributed by atoms with Crippen molar-refractivity contribution in [3.8, 4) is 5.75 Å². The molecule has 1 amide bonds. The highest BCUT2D eigenvalue weighted by molar-refractivity contribution is 7.21. The Morgan fingerprint density at radius 2 is 2.28 bits per heavy atom. The molecule has 5 nitrogen and oxygen atoms in total. The minimum atomic E-state index is -0.193. The molecule has 2 aromatic rings. The summed E-state index contributed by atoms with van der Waals surface area (Å²) in [6, 6.07) is 5.62. The number of carbonyl (C=O) groups is 1. The summed E-state index contributed by atoms with van der Waals surface area (Å²) in [5.74, 6) is 0.486. The monoisotopic (exact) mass is 265 g/mol. The van der Waals surface area contributed by atoms with Crippen molar-refractivity contribution in [3.63, 3.8) is 0 Å². The molecule has 0 bridgehead atoms. The van der Waals surface area contributed by atoms with Gasteiger partial charge in [0, 0.05) is 17.8 Å². The van der Waals surface area contributed by atoms with Crippen LogP contribution in [0.5, 0.6) is 5.75 Å². The molecule has 0 aliphatic heterocycles. The quantitative estimate of drug-likeness (QED) is 0.774. The van der Waals surface area contributed by atoms with Crippen LogP contribution in [-0.2, 0) is 0 Å². The Balaban J connectivity index is 2.47. The highest BCUT2D eigenvalue weighted by atomic mass is 32.1. The van der Waals surface area contributed by atoms with E-state index in [0.29, 0.717) is 29.4 Å². The number of anilines is 1. The first-order valence-electron chi connectivity index (χ1n) is 5.52. The fourth-order valence-corrected chi connectivity index (χ4v) is 2.80. The van der Waals surface area contributed by atoms with Crippen molar-refractivity contribution in [2.24, 2.45) is 5.73 Å². The summed E-state index contributed by atoms with van der Waals surface area (Å²) < 4.78 is 6.19. The van der Waals surface area contributed by atoms with Gasteiger partial charge in [0.2, 0.25) is 0 Å². The molecule has 1 aromatic carbocycles. The third-order valence-electron chi connectivity index (χ3n) is 2.57. The number of benzene rings is 1. The molecule has 0 unspecified atom stereocenters. The molecule has 0 aliphatic rings. The van der Waals surface area contributed by atoms with E-state index in [9.17, 15) is 4.79 Å². The van der Waals surface area contributed by atoms with Crippen molar-refractivity contribution < 1.29 is 9.53 Å². The molecule has 1 heterocycles. The van der Waals surface area contributed by atoms with E-state index in [0.717, 1.165) is 10.1 Å². The third kappa shape index (κ3) is 2.12. The van der Waals surface area contributed by atoms with Crippen molar-refractivity contribution in [2.75, 3.05) is 25.9 Å². The van der Waals surface area contributed by atoms with Gasteiger partial charge < -0.3 is 21.5 Å². The van der Waals surface area contributed by atoms with Gasteiger partial charge in [-0.3, -0.25) is 4.79 Å². The summed E-state index contributed by atoms with van der Waals surface area (Å²) in [7, 11) is 1.58. The van der Waals surface area contributed by atoms with Crippen LogP contribution in [0.1, 0.15) is 9.67 Å². The maximum Gasteiger partial charge on any atom is 0.263 e. The van der Waals surface area contributed by atoms with E-state index < -0.39 is 0 Å². The number of rotatable bonds is 4. The summed E-state index contributed by atoms with van der Waals surface area (Å²) in [5, 5.41) is 3.51. The standard InChI is InChI=1S/C12H15N3O2S/c1-17-7-3-2-4-8-9(7)10(14)11(18-8)12(16)15-6-5-13/h2-4H,5-6,13-14H2,1H3,(H,15,16). The van der Waals surface area contributed by atoms with Gasteiger partial charge in [0.15, 0.2) is 0 Å². The minimum Gasteiger partial charge on any atom is -0.496 e. The van der Waals surface area contributed by atoms with Gasteiger partial charge in [-0.15, -0.1) is 11.3 Å². The zero-order valence-electron chi connectivity index (χ0n) is 10.0. The number of thiophene rings is 1. The number of hydrogen-bond acceptors (Lipinski definition) is 5. The Kier molecular flexibility index (Phi) is 3.69. The van der Waals surface area contributed by atoms with E-state index in [1.165, 1.54) is 11.3 Å². The van der Waals surface area contributed by atoms with Crippen molar-refractivity contribution in [1.82, 2.24) is 5.32 Å². The number of carbonyl (C=O) groups excluding carboxylic acids is 1. The second-order valence-electron chi connectivity index (χ2n) is 3.72. The average Bonchev–Trinajstić information content (AvgIpc) is 2.73. The van der Waals surface area contributed by atoms with E-state index in [1.54, 1.807) is 7.11 Å². The Morgan fingerprint density at radius 3 is 2.94 bits per heavy atom. The third-order valence-corrected chi connectivity index (χ3v) is 3.74. The molecule has 0 saturated carbocycles. The number of nitrogen functional groups attached to an aromatic ring is 1. The van der Waals surface area contributed by atoms with Gasteiger partial charge in [-0.1, -0.05) is 6.07 Å². The van der Waals surface area contributed by atoms with Crippen LogP contribution >= 0.6 is 11.3 Å². The zero-order valence-corrected chi connectivity index (χ0v) is 10.8. The Labute approximate surface area is 109 Å². The van der Waals surface area contributed by atoms with E-state index in [2.05, 4.69) is 5.32 Å². The van der Waals surface area contributed by atoms with Gasteiger partial charge in [0.1, 0.15) is 10.6 Å². The number of amides is 1. The summed E-state index contributed by atoms with van der Waals surface area (Å²) in [6.45, 7) is 0.837. The second kappa shape index (κ2) is 5.24. The topological polar surface area (TPSA) is 90.4 Å². The van der Waals surface area contributed by atoms with Crippen LogP contribution in [0.3, 0.4) is 0 Å². The van der Waals surface area contributed by atoms with E-state index in [4.69, 9.17) is 16.2 Å². The lowest BCUT2D eigenvalue weighted by Gasteiger charge is -2.03. The Bertz CT molecular complexity index is 580. The van der Waals surface area contributed by atoms with E-state index in [-0.39, 0.29) is 5.91 Å². The number of nitrogens with two attached hydrogens (primary N) is 2. The minimum absolute atomic E-state index is 0.193. The van der Waals surface area contributed by atoms with E-state index in [1.807, 2.05) is 18.2 Å². The van der Waals surface area contributed by atoms with Crippen LogP contribution in [0, 0.1) is 0 Å². The van der Waals surface area contributed by atoms with Crippen LogP contribution in [-0.4, -0.2) is 26.1 Å². The number of nitrogens with one attached hydrogen (secondary N) is 1. The van der Waals surface area contributed by atoms with Gasteiger partial charge in [-0.25, -0.2) is 0 Å². The fraction of sp³-hybridized carbons (Fsp3) is 0.250. The smallest absolute Gasteiger partial charge is 0.263 e. The summed E-state index contributed by atoms with van der Waals surface area (Å²) in [6.07, 6.45) is 0. The van der Waals surface area contributed by atoms with Crippen LogP contribution in [0.4, 0.5) is 5.69 Å². The molecule has 96 valence electrons. The van der Waals surface area contributed by atoms with Crippen molar-refractivity contribution in [1.29, 1.82) is 0 Å². The van der Waals surface area contributed by atoms with Crippen molar-refractivity contribution in [3.05, 3.63) is 23.1 Å². The molecule has 18 heavy (non-hydrogen) atoms. The summed E-state index contributed by atoms with van der Waals surface area (Å²) >= 11 is 1.35. The number of ether oxygens (including phenoxy) is 1. The van der Waals surface area contributed by atoms with Gasteiger partial charge in [-0.2, -0.15) is 0 Å². The average molecular weight is 265 g/mol. The molecule has 0 atom stereocenters. The Hall–Kier alpha value is -1.79. The molecule has 2 rings (SSSR count). The maximum atomic E-state index is 11.9. The first-order valence-corrected chi connectivity index (χ1v) is 6.34. The van der Waals surface area contributed by atoms with Gasteiger partial charge in [0.05, 0.1) is 18.2 Å². The van der Waals surface area contributed by atoms with E-state index >= 15 is 0 Å². The van der Waals surface area contributed by atoms with Crippen LogP contribution in [0.25, 0.3) is 10.1 Å². The van der Waals surface area contributed by atoms with Gasteiger partial charge in [-0.05, 0) is 12.1 Å². The lowest BCUT2D eigenvalue weighted by molar-refractivity contribution is 0.0959. The molecule has 5 N–H and O–H groups in total. The Morgan fingerprint density at radius 1 is 1.50 bits per heavy atom. The fourth-order valence-electron chi connectivity index (χ4n) is 1.74. The largest absolute Gasteiger partial charge is 0.496 e.